The van der Waals surface area contributed by atoms with Crippen LogP contribution in [-0.4, -0.2) is 90.0 Å². The SMILES string of the molecule is COC1C(OC(C)=O)[C@@H](O[C@H]2CC[C@]3(C)C4CC[C@]5(C)C(C6=CC(=O)OC6)CC[C@]5(O)[C@@]45O[C@H]5C[C@@H]3C2)OC(C)[C@H]1O. The van der Waals surface area contributed by atoms with Gasteiger partial charge in [-0.25, -0.2) is 4.79 Å². The van der Waals surface area contributed by atoms with Crippen molar-refractivity contribution < 1.29 is 48.2 Å². The number of rotatable bonds is 5. The summed E-state index contributed by atoms with van der Waals surface area (Å²) in [7, 11) is 1.49. The summed E-state index contributed by atoms with van der Waals surface area (Å²) < 4.78 is 35.6. The highest BCUT2D eigenvalue weighted by Crippen LogP contribution is 2.77. The summed E-state index contributed by atoms with van der Waals surface area (Å²) >= 11 is 0. The number of epoxide rings is 1. The van der Waals surface area contributed by atoms with Crippen molar-refractivity contribution >= 4 is 11.9 Å². The van der Waals surface area contributed by atoms with Gasteiger partial charge in [0.15, 0.2) is 12.4 Å². The van der Waals surface area contributed by atoms with E-state index in [0.29, 0.717) is 18.9 Å². The predicted molar refractivity (Wildman–Crippen MR) is 147 cm³/mol. The fraction of sp³-hybridized carbons (Fsp3) is 0.875. The average Bonchev–Trinajstić information content (AvgIpc) is 3.38. The van der Waals surface area contributed by atoms with E-state index in [1.54, 1.807) is 13.0 Å². The Morgan fingerprint density at radius 2 is 1.88 bits per heavy atom. The Labute approximate surface area is 247 Å². The number of aliphatic hydroxyl groups is 2. The van der Waals surface area contributed by atoms with Gasteiger partial charge < -0.3 is 38.6 Å². The number of hydrogen-bond acceptors (Lipinski definition) is 10. The van der Waals surface area contributed by atoms with Crippen molar-refractivity contribution in [2.24, 2.45) is 28.6 Å². The summed E-state index contributed by atoms with van der Waals surface area (Å²) in [6.45, 7) is 8.04. The maximum absolute atomic E-state index is 12.6. The van der Waals surface area contributed by atoms with Gasteiger partial charge in [-0.3, -0.25) is 4.79 Å². The molecule has 42 heavy (non-hydrogen) atoms. The molecule has 234 valence electrons. The zero-order chi connectivity index (χ0) is 29.8. The molecule has 7 aliphatic rings. The molecule has 0 radical (unpaired) electrons. The van der Waals surface area contributed by atoms with Crippen LogP contribution in [0.15, 0.2) is 11.6 Å². The Kier molecular flexibility index (Phi) is 6.75. The van der Waals surface area contributed by atoms with Crippen LogP contribution in [0.25, 0.3) is 0 Å². The van der Waals surface area contributed by atoms with Gasteiger partial charge in [0.2, 0.25) is 0 Å². The fourth-order valence-corrected chi connectivity index (χ4v) is 10.8. The van der Waals surface area contributed by atoms with Gasteiger partial charge in [-0.05, 0) is 87.0 Å². The standard InChI is InChI=1S/C32H46O10/c1-16-25(35)26(37-5)27(40-17(2)33)28(39-16)41-20-6-9-29(3)19(13-20)14-23-32(42-23)22(29)8-10-30(4)21(7-11-31(30,32)36)18-12-24(34)38-15-18/h12,16,19-23,25-28,35-36H,6-11,13-15H2,1-5H3/t16?,19-,20-,21?,22?,23-,25+,26?,27?,28+,29-,30+,31+,32+/m0/s1. The summed E-state index contributed by atoms with van der Waals surface area (Å²) in [5, 5.41) is 23.3. The number of hydrogen-bond donors (Lipinski definition) is 2. The van der Waals surface area contributed by atoms with Crippen LogP contribution in [0.4, 0.5) is 0 Å². The second kappa shape index (κ2) is 9.72. The minimum atomic E-state index is -0.941. The Balaban J connectivity index is 1.09. The third-order valence-electron chi connectivity index (χ3n) is 13.0. The Bertz CT molecular complexity index is 1170. The zero-order valence-electron chi connectivity index (χ0n) is 25.4. The van der Waals surface area contributed by atoms with E-state index < -0.39 is 47.9 Å². The van der Waals surface area contributed by atoms with Crippen molar-refractivity contribution in [3.63, 3.8) is 0 Å². The van der Waals surface area contributed by atoms with E-state index in [9.17, 15) is 19.8 Å². The zero-order valence-corrected chi connectivity index (χ0v) is 25.4. The number of carbonyl (C=O) groups is 2. The van der Waals surface area contributed by atoms with Crippen LogP contribution in [0, 0.1) is 28.6 Å². The highest BCUT2D eigenvalue weighted by Gasteiger charge is 2.84. The molecule has 3 heterocycles. The molecular formula is C32H46O10. The average molecular weight is 591 g/mol. The van der Waals surface area contributed by atoms with E-state index in [0.717, 1.165) is 50.5 Å². The van der Waals surface area contributed by atoms with Gasteiger partial charge in [0.25, 0.3) is 0 Å². The van der Waals surface area contributed by atoms with Crippen molar-refractivity contribution in [2.45, 2.75) is 133 Å². The maximum atomic E-state index is 12.6. The van der Waals surface area contributed by atoms with Gasteiger partial charge in [0.1, 0.15) is 30.0 Å². The molecule has 0 amide bonds. The predicted octanol–water partition coefficient (Wildman–Crippen LogP) is 2.81. The molecule has 0 aromatic carbocycles. The second-order valence-electron chi connectivity index (χ2n) is 14.6. The molecule has 3 aliphatic heterocycles. The van der Waals surface area contributed by atoms with Crippen molar-refractivity contribution in [3.05, 3.63) is 11.6 Å². The van der Waals surface area contributed by atoms with Crippen LogP contribution in [0.2, 0.25) is 0 Å². The lowest BCUT2D eigenvalue weighted by Gasteiger charge is -2.62. The summed E-state index contributed by atoms with van der Waals surface area (Å²) in [6, 6.07) is 0. The third-order valence-corrected chi connectivity index (χ3v) is 13.0. The summed E-state index contributed by atoms with van der Waals surface area (Å²) in [5.41, 5.74) is -0.815. The Morgan fingerprint density at radius 3 is 2.57 bits per heavy atom. The normalized spacial score (nSPS) is 54.5. The molecule has 14 atom stereocenters. The fourth-order valence-electron chi connectivity index (χ4n) is 10.8. The molecule has 5 unspecified atom stereocenters. The lowest BCUT2D eigenvalue weighted by molar-refractivity contribution is -0.315. The first-order valence-corrected chi connectivity index (χ1v) is 15.8. The van der Waals surface area contributed by atoms with Crippen molar-refractivity contribution in [3.8, 4) is 0 Å². The quantitative estimate of drug-likeness (QED) is 0.280. The summed E-state index contributed by atoms with van der Waals surface area (Å²) in [6.07, 6.45) is 4.48. The van der Waals surface area contributed by atoms with Crippen LogP contribution in [0.5, 0.6) is 0 Å². The molecule has 4 saturated carbocycles. The van der Waals surface area contributed by atoms with E-state index in [1.807, 2.05) is 0 Å². The number of esters is 2. The first-order chi connectivity index (χ1) is 19.9. The number of aliphatic hydroxyl groups excluding tert-OH is 1. The van der Waals surface area contributed by atoms with Crippen LogP contribution in [0.3, 0.4) is 0 Å². The van der Waals surface area contributed by atoms with Gasteiger partial charge >= 0.3 is 11.9 Å². The van der Waals surface area contributed by atoms with Gasteiger partial charge in [0.05, 0.1) is 18.3 Å². The second-order valence-corrected chi connectivity index (χ2v) is 14.6. The number of methoxy groups -OCH3 is 1. The molecule has 0 bridgehead atoms. The van der Waals surface area contributed by atoms with E-state index in [2.05, 4.69) is 13.8 Å². The molecule has 10 nitrogen and oxygen atoms in total. The maximum Gasteiger partial charge on any atom is 0.331 e. The minimum Gasteiger partial charge on any atom is -0.458 e. The first-order valence-electron chi connectivity index (χ1n) is 15.8. The van der Waals surface area contributed by atoms with Gasteiger partial charge in [0, 0.05) is 25.5 Å². The highest BCUT2D eigenvalue weighted by molar-refractivity contribution is 5.85. The molecule has 0 aromatic heterocycles. The van der Waals surface area contributed by atoms with Gasteiger partial charge in [-0.1, -0.05) is 13.8 Å². The van der Waals surface area contributed by atoms with Gasteiger partial charge in [-0.2, -0.15) is 0 Å². The van der Waals surface area contributed by atoms with E-state index >= 15 is 0 Å². The first kappa shape index (κ1) is 29.2. The molecule has 4 aliphatic carbocycles. The molecule has 10 heteroatoms. The number of fused-ring (bicyclic) bond motifs is 3. The van der Waals surface area contributed by atoms with E-state index in [1.165, 1.54) is 14.0 Å². The van der Waals surface area contributed by atoms with Crippen LogP contribution in [-0.2, 0) is 38.0 Å². The third kappa shape index (κ3) is 3.84. The summed E-state index contributed by atoms with van der Waals surface area (Å²) in [4.78, 5) is 23.8. The van der Waals surface area contributed by atoms with Crippen LogP contribution >= 0.6 is 0 Å². The molecule has 0 aromatic rings. The Hall–Kier alpha value is -1.56. The molecule has 7 rings (SSSR count). The monoisotopic (exact) mass is 590 g/mol. The molecule has 2 N–H and O–H groups in total. The highest BCUT2D eigenvalue weighted by atomic mass is 16.7. The largest absolute Gasteiger partial charge is 0.458 e. The van der Waals surface area contributed by atoms with Crippen molar-refractivity contribution in [2.75, 3.05) is 13.7 Å². The lowest BCUT2D eigenvalue weighted by Crippen LogP contribution is -2.68. The van der Waals surface area contributed by atoms with Crippen molar-refractivity contribution in [1.29, 1.82) is 0 Å². The molecular weight excluding hydrogens is 544 g/mol. The van der Waals surface area contributed by atoms with Crippen molar-refractivity contribution in [1.82, 2.24) is 0 Å². The molecule has 6 fully saturated rings. The van der Waals surface area contributed by atoms with Crippen LogP contribution in [0.1, 0.15) is 79.1 Å². The minimum absolute atomic E-state index is 0.00499. The van der Waals surface area contributed by atoms with Gasteiger partial charge in [-0.15, -0.1) is 0 Å². The lowest BCUT2D eigenvalue weighted by atomic mass is 9.43. The smallest absolute Gasteiger partial charge is 0.331 e. The van der Waals surface area contributed by atoms with E-state index in [4.69, 9.17) is 28.4 Å². The Morgan fingerprint density at radius 1 is 1.10 bits per heavy atom. The van der Waals surface area contributed by atoms with Crippen LogP contribution < -0.4 is 0 Å². The topological polar surface area (TPSA) is 133 Å². The number of carbonyl (C=O) groups excluding carboxylic acids is 2. The number of ether oxygens (including phenoxy) is 6. The molecule has 1 spiro atoms. The molecule has 2 saturated heterocycles. The number of cyclic esters (lactones) is 1. The van der Waals surface area contributed by atoms with E-state index in [-0.39, 0.29) is 40.8 Å². The summed E-state index contributed by atoms with van der Waals surface area (Å²) in [5.74, 6) is -0.0281.